The van der Waals surface area contributed by atoms with Crippen LogP contribution in [0.4, 0.5) is 10.6 Å². The number of aromatic nitrogens is 3. The highest BCUT2D eigenvalue weighted by Gasteiger charge is 2.49. The molecule has 0 radical (unpaired) electrons. The van der Waals surface area contributed by atoms with Crippen molar-refractivity contribution in [3.63, 3.8) is 0 Å². The number of quaternary nitrogens is 1. The van der Waals surface area contributed by atoms with Crippen LogP contribution in [-0.4, -0.2) is 51.3 Å². The van der Waals surface area contributed by atoms with E-state index in [1.165, 1.54) is 4.57 Å². The third kappa shape index (κ3) is 5.24. The van der Waals surface area contributed by atoms with Crippen LogP contribution >= 0.6 is 0 Å². The molecule has 210 valence electrons. The highest BCUT2D eigenvalue weighted by Crippen LogP contribution is 2.45. The van der Waals surface area contributed by atoms with Gasteiger partial charge < -0.3 is 29.5 Å². The zero-order valence-electron chi connectivity index (χ0n) is 23.4. The number of carboxylic acid groups (broad SMARTS) is 1. The predicted molar refractivity (Wildman–Crippen MR) is 151 cm³/mol. The van der Waals surface area contributed by atoms with E-state index in [1.54, 1.807) is 31.7 Å². The van der Waals surface area contributed by atoms with Gasteiger partial charge in [0, 0.05) is 56.1 Å². The maximum absolute atomic E-state index is 13.3. The second-order valence-electron chi connectivity index (χ2n) is 11.6. The number of carbonyl (C=O) groups is 1. The third-order valence-corrected chi connectivity index (χ3v) is 7.66. The van der Waals surface area contributed by atoms with Gasteiger partial charge in [-0.05, 0) is 35.9 Å². The molecule has 40 heavy (non-hydrogen) atoms. The Labute approximate surface area is 233 Å². The molecule has 0 spiro atoms. The molecule has 1 amide bonds. The van der Waals surface area contributed by atoms with Crippen molar-refractivity contribution in [1.82, 2.24) is 19.9 Å². The fourth-order valence-electron chi connectivity index (χ4n) is 5.95. The third-order valence-electron chi connectivity index (χ3n) is 7.66. The molecule has 1 fully saturated rings. The monoisotopic (exact) mass is 544 g/mol. The molecule has 4 aromatic rings. The molecule has 4 aromatic heterocycles. The second-order valence-corrected chi connectivity index (χ2v) is 11.6. The van der Waals surface area contributed by atoms with Gasteiger partial charge in [-0.3, -0.25) is 14.3 Å². The molecule has 2 unspecified atom stereocenters. The lowest BCUT2D eigenvalue weighted by atomic mass is 9.82. The molecular formula is C30H36N6O4. The molecule has 0 aliphatic carbocycles. The van der Waals surface area contributed by atoms with Gasteiger partial charge in [-0.25, -0.2) is 4.98 Å². The van der Waals surface area contributed by atoms with E-state index in [1.807, 2.05) is 51.1 Å². The second kappa shape index (κ2) is 10.9. The Kier molecular flexibility index (Phi) is 7.48. The Morgan fingerprint density at radius 3 is 2.73 bits per heavy atom. The summed E-state index contributed by atoms with van der Waals surface area (Å²) >= 11 is 0. The van der Waals surface area contributed by atoms with Crippen molar-refractivity contribution < 1.29 is 18.8 Å². The van der Waals surface area contributed by atoms with E-state index >= 15 is 0 Å². The number of anilines is 1. The molecule has 0 bridgehead atoms. The van der Waals surface area contributed by atoms with E-state index in [2.05, 4.69) is 20.6 Å². The van der Waals surface area contributed by atoms with Gasteiger partial charge in [-0.15, -0.1) is 0 Å². The van der Waals surface area contributed by atoms with Crippen LogP contribution in [0.1, 0.15) is 44.7 Å². The van der Waals surface area contributed by atoms with Crippen LogP contribution in [0.15, 0.2) is 64.2 Å². The molecule has 1 aliphatic rings. The fraction of sp³-hybridized carbons (Fsp3) is 0.400. The summed E-state index contributed by atoms with van der Waals surface area (Å²) in [5.74, 6) is 1.13. The Morgan fingerprint density at radius 2 is 2.00 bits per heavy atom. The first-order valence-corrected chi connectivity index (χ1v) is 13.6. The first-order chi connectivity index (χ1) is 19.1. The first kappa shape index (κ1) is 27.5. The van der Waals surface area contributed by atoms with Gasteiger partial charge in [-0.2, -0.15) is 0 Å². The number of hydrogen-bond acceptors (Lipinski definition) is 8. The van der Waals surface area contributed by atoms with Gasteiger partial charge in [-0.1, -0.05) is 26.8 Å². The summed E-state index contributed by atoms with van der Waals surface area (Å²) in [5.41, 5.74) is 2.15. The summed E-state index contributed by atoms with van der Waals surface area (Å²) in [4.78, 5) is 34.9. The van der Waals surface area contributed by atoms with Crippen LogP contribution in [0.2, 0.25) is 0 Å². The smallest absolute Gasteiger partial charge is 0.261 e. The molecule has 10 heteroatoms. The summed E-state index contributed by atoms with van der Waals surface area (Å²) in [6.45, 7) is 8.61. The Balaban J connectivity index is 1.61. The quantitative estimate of drug-likeness (QED) is 0.354. The Morgan fingerprint density at radius 1 is 1.18 bits per heavy atom. The van der Waals surface area contributed by atoms with Gasteiger partial charge in [0.15, 0.2) is 11.8 Å². The zero-order chi connectivity index (χ0) is 28.5. The summed E-state index contributed by atoms with van der Waals surface area (Å²) in [6.07, 6.45) is 4.76. The Bertz CT molecular complexity index is 1560. The van der Waals surface area contributed by atoms with E-state index in [0.717, 1.165) is 23.4 Å². The number of fused-ring (bicyclic) bond motifs is 1. The Hall–Kier alpha value is -4.02. The minimum absolute atomic E-state index is 0.207. The minimum atomic E-state index is -1.13. The maximum Gasteiger partial charge on any atom is 0.261 e. The van der Waals surface area contributed by atoms with Crippen LogP contribution in [0, 0.1) is 5.41 Å². The number of carbonyl (C=O) groups excluding carboxylic acids is 1. The van der Waals surface area contributed by atoms with Crippen molar-refractivity contribution in [1.29, 1.82) is 0 Å². The normalized spacial score (nSPS) is 18.8. The minimum Gasteiger partial charge on any atom is -0.498 e. The molecule has 10 nitrogen and oxygen atoms in total. The topological polar surface area (TPSA) is 125 Å². The average molecular weight is 545 g/mol. The first-order valence-electron chi connectivity index (χ1n) is 13.6. The average Bonchev–Trinajstić information content (AvgIpc) is 3.20. The summed E-state index contributed by atoms with van der Waals surface area (Å²) in [7, 11) is 1.70. The number of nitrogens with zero attached hydrogens (tertiary/aromatic N) is 4. The van der Waals surface area contributed by atoms with Crippen LogP contribution in [-0.2, 0) is 13.6 Å². The van der Waals surface area contributed by atoms with Gasteiger partial charge in [0.05, 0.1) is 30.7 Å². The predicted octanol–water partition coefficient (Wildman–Crippen LogP) is 3.44. The summed E-state index contributed by atoms with van der Waals surface area (Å²) < 4.78 is 7.80. The van der Waals surface area contributed by atoms with Crippen LogP contribution in [0.5, 0.6) is 0 Å². The van der Waals surface area contributed by atoms with Crippen LogP contribution in [0.25, 0.3) is 22.1 Å². The highest BCUT2D eigenvalue weighted by molar-refractivity contribution is 5.92. The fourth-order valence-corrected chi connectivity index (χ4v) is 5.95. The lowest BCUT2D eigenvalue weighted by molar-refractivity contribution is -0.911. The number of furan rings is 1. The molecular weight excluding hydrogens is 508 g/mol. The van der Waals surface area contributed by atoms with Crippen molar-refractivity contribution in [2.24, 2.45) is 12.5 Å². The summed E-state index contributed by atoms with van der Waals surface area (Å²) in [6, 6.07) is 10.7. The van der Waals surface area contributed by atoms with Crippen molar-refractivity contribution in [2.75, 3.05) is 31.5 Å². The lowest BCUT2D eigenvalue weighted by Crippen LogP contribution is -2.64. The van der Waals surface area contributed by atoms with Crippen molar-refractivity contribution in [3.05, 3.63) is 76.8 Å². The summed E-state index contributed by atoms with van der Waals surface area (Å²) in [5, 5.41) is 19.8. The van der Waals surface area contributed by atoms with E-state index in [0.29, 0.717) is 55.1 Å². The number of aryl methyl sites for hydroxylation is 1. The standard InChI is InChI=1S/C30H36N6O4/c1-30(2,3)27(36(29(38)39)14-7-10-31-13-15-36)24-17-22-26(40-24)23(19-35(4)28(22)37)20-9-12-33-25(16-20)34-18-21-8-5-6-11-32-21/h5-6,8-9,11-12,16-17,19,27,31H,7,10,13-15,18H2,1-4H3,(H-,33,34,38,39). The number of nitrogens with one attached hydrogen (secondary N) is 2. The number of pyridine rings is 3. The molecule has 5 heterocycles. The SMILES string of the molecule is Cn1cc(-c2ccnc(NCc3ccccn3)c2)c2oc(C(C(C)(C)C)[N+]3(C(=O)[O-])CCCNCC3)cc2c1=O. The largest absolute Gasteiger partial charge is 0.498 e. The van der Waals surface area contributed by atoms with E-state index in [9.17, 15) is 14.7 Å². The zero-order valence-corrected chi connectivity index (χ0v) is 23.4. The molecule has 0 aromatic carbocycles. The van der Waals surface area contributed by atoms with Crippen molar-refractivity contribution in [3.8, 4) is 11.1 Å². The van der Waals surface area contributed by atoms with Crippen molar-refractivity contribution >= 4 is 22.9 Å². The highest BCUT2D eigenvalue weighted by atomic mass is 16.4. The van der Waals surface area contributed by atoms with E-state index < -0.39 is 17.6 Å². The van der Waals surface area contributed by atoms with Gasteiger partial charge >= 0.3 is 0 Å². The van der Waals surface area contributed by atoms with E-state index in [-0.39, 0.29) is 10.0 Å². The molecule has 1 saturated heterocycles. The number of hydrogen-bond donors (Lipinski definition) is 2. The van der Waals surface area contributed by atoms with Gasteiger partial charge in [0.2, 0.25) is 0 Å². The molecule has 2 atom stereocenters. The van der Waals surface area contributed by atoms with Crippen LogP contribution < -0.4 is 21.3 Å². The van der Waals surface area contributed by atoms with Gasteiger partial charge in [0.1, 0.15) is 11.4 Å². The van der Waals surface area contributed by atoms with Gasteiger partial charge in [0.25, 0.3) is 11.7 Å². The molecule has 5 rings (SSSR count). The van der Waals surface area contributed by atoms with Crippen molar-refractivity contribution in [2.45, 2.75) is 39.8 Å². The lowest BCUT2D eigenvalue weighted by Gasteiger charge is -2.47. The van der Waals surface area contributed by atoms with Crippen LogP contribution in [0.3, 0.4) is 0 Å². The maximum atomic E-state index is 13.3. The molecule has 0 saturated carbocycles. The molecule has 2 N–H and O–H groups in total. The molecule has 1 aliphatic heterocycles. The van der Waals surface area contributed by atoms with E-state index in [4.69, 9.17) is 4.42 Å². The number of rotatable bonds is 6. The number of amides is 1.